The van der Waals surface area contributed by atoms with Crippen LogP contribution < -0.4 is 4.72 Å². The summed E-state index contributed by atoms with van der Waals surface area (Å²) in [5, 5.41) is 0. The average molecular weight is 317 g/mol. The van der Waals surface area contributed by atoms with Gasteiger partial charge in [-0.15, -0.1) is 0 Å². The van der Waals surface area contributed by atoms with Gasteiger partial charge < -0.3 is 0 Å². The number of hydrogen-bond acceptors (Lipinski definition) is 4. The normalized spacial score (nSPS) is 19.9. The summed E-state index contributed by atoms with van der Waals surface area (Å²) in [6.45, 7) is 3.59. The molecule has 20 heavy (non-hydrogen) atoms. The van der Waals surface area contributed by atoms with Gasteiger partial charge in [0.05, 0.1) is 16.4 Å². The lowest BCUT2D eigenvalue weighted by Crippen LogP contribution is -2.41. The van der Waals surface area contributed by atoms with E-state index in [-0.39, 0.29) is 22.4 Å². The maximum Gasteiger partial charge on any atom is 0.241 e. The van der Waals surface area contributed by atoms with Crippen molar-refractivity contribution in [3.63, 3.8) is 0 Å². The summed E-state index contributed by atoms with van der Waals surface area (Å²) in [6, 6.07) is 4.97. The second kappa shape index (κ2) is 5.46. The number of sulfone groups is 1. The minimum Gasteiger partial charge on any atom is -0.229 e. The zero-order valence-corrected chi connectivity index (χ0v) is 13.2. The second-order valence-corrected chi connectivity index (χ2v) is 9.30. The van der Waals surface area contributed by atoms with Crippen molar-refractivity contribution < 1.29 is 16.8 Å². The van der Waals surface area contributed by atoms with Crippen LogP contribution in [0.5, 0.6) is 0 Å². The van der Waals surface area contributed by atoms with Gasteiger partial charge in [-0.25, -0.2) is 21.6 Å². The number of hydrogen-bond donors (Lipinski definition) is 1. The van der Waals surface area contributed by atoms with Gasteiger partial charge >= 0.3 is 0 Å². The fourth-order valence-electron chi connectivity index (χ4n) is 2.29. The summed E-state index contributed by atoms with van der Waals surface area (Å²) in [5.41, 5.74) is 1.56. The molecule has 5 nitrogen and oxygen atoms in total. The van der Waals surface area contributed by atoms with Crippen molar-refractivity contribution in [1.82, 2.24) is 4.72 Å². The van der Waals surface area contributed by atoms with Crippen molar-refractivity contribution in [2.24, 2.45) is 0 Å². The van der Waals surface area contributed by atoms with E-state index in [2.05, 4.69) is 4.72 Å². The van der Waals surface area contributed by atoms with Crippen LogP contribution in [0.25, 0.3) is 0 Å². The molecule has 0 saturated carbocycles. The Morgan fingerprint density at radius 3 is 2.35 bits per heavy atom. The molecule has 7 heteroatoms. The first kappa shape index (κ1) is 15.5. The fraction of sp³-hybridized carbons (Fsp3) is 0.538. The Bertz CT molecular complexity index is 694. The Morgan fingerprint density at radius 1 is 1.15 bits per heavy atom. The molecular weight excluding hydrogens is 298 g/mol. The number of sulfonamides is 1. The zero-order chi connectivity index (χ0) is 15.0. The van der Waals surface area contributed by atoms with E-state index >= 15 is 0 Å². The Labute approximate surface area is 120 Å². The third kappa shape index (κ3) is 3.59. The summed E-state index contributed by atoms with van der Waals surface area (Å²) in [4.78, 5) is 0.269. The SMILES string of the molecule is Cc1ccc(C)c(S(=O)(=O)NC2CCS(=O)(=O)CC2)c1. The minimum absolute atomic E-state index is 0.0486. The molecule has 0 aliphatic carbocycles. The van der Waals surface area contributed by atoms with Gasteiger partial charge in [0.2, 0.25) is 10.0 Å². The molecule has 0 atom stereocenters. The summed E-state index contributed by atoms with van der Waals surface area (Å²) in [6.07, 6.45) is 0.679. The monoisotopic (exact) mass is 317 g/mol. The molecule has 0 unspecified atom stereocenters. The highest BCUT2D eigenvalue weighted by Gasteiger charge is 2.28. The van der Waals surface area contributed by atoms with Gasteiger partial charge in [0.1, 0.15) is 9.84 Å². The van der Waals surface area contributed by atoms with Crippen molar-refractivity contribution in [2.45, 2.75) is 37.6 Å². The van der Waals surface area contributed by atoms with Gasteiger partial charge in [0.15, 0.2) is 0 Å². The molecule has 2 rings (SSSR count). The van der Waals surface area contributed by atoms with E-state index in [4.69, 9.17) is 0 Å². The standard InChI is InChI=1S/C13H19NO4S2/c1-10-3-4-11(2)13(9-10)20(17,18)14-12-5-7-19(15,16)8-6-12/h3-4,9,12,14H,5-8H2,1-2H3. The summed E-state index contributed by atoms with van der Waals surface area (Å²) in [5.74, 6) is 0.0972. The highest BCUT2D eigenvalue weighted by Crippen LogP contribution is 2.19. The lowest BCUT2D eigenvalue weighted by Gasteiger charge is -2.23. The van der Waals surface area contributed by atoms with Crippen molar-refractivity contribution >= 4 is 19.9 Å². The van der Waals surface area contributed by atoms with E-state index in [1.165, 1.54) is 0 Å². The van der Waals surface area contributed by atoms with E-state index in [1.807, 2.05) is 13.0 Å². The number of nitrogens with one attached hydrogen (secondary N) is 1. The van der Waals surface area contributed by atoms with E-state index < -0.39 is 19.9 Å². The van der Waals surface area contributed by atoms with E-state index in [0.29, 0.717) is 18.4 Å². The molecule has 0 aromatic heterocycles. The van der Waals surface area contributed by atoms with E-state index in [0.717, 1.165) is 5.56 Å². The van der Waals surface area contributed by atoms with Crippen LogP contribution in [0.1, 0.15) is 24.0 Å². The topological polar surface area (TPSA) is 80.3 Å². The summed E-state index contributed by atoms with van der Waals surface area (Å²) >= 11 is 0. The lowest BCUT2D eigenvalue weighted by molar-refractivity contribution is 0.505. The van der Waals surface area contributed by atoms with Gasteiger partial charge in [-0.2, -0.15) is 0 Å². The van der Waals surface area contributed by atoms with Crippen LogP contribution in [0.3, 0.4) is 0 Å². The average Bonchev–Trinajstić information content (AvgIpc) is 2.35. The first-order valence-corrected chi connectivity index (χ1v) is 9.80. The maximum absolute atomic E-state index is 12.4. The highest BCUT2D eigenvalue weighted by molar-refractivity contribution is 7.91. The van der Waals surface area contributed by atoms with Crippen LogP contribution in [0.4, 0.5) is 0 Å². The number of aryl methyl sites for hydroxylation is 2. The molecule has 0 amide bonds. The van der Waals surface area contributed by atoms with E-state index in [9.17, 15) is 16.8 Å². The third-order valence-corrected chi connectivity index (χ3v) is 6.89. The predicted octanol–water partition coefficient (Wildman–Crippen LogP) is 1.16. The Kier molecular flexibility index (Phi) is 4.22. The molecule has 1 aromatic rings. The van der Waals surface area contributed by atoms with Gasteiger partial charge in [0, 0.05) is 6.04 Å². The molecule has 1 aliphatic rings. The summed E-state index contributed by atoms with van der Waals surface area (Å²) < 4.78 is 50.1. The molecule has 0 bridgehead atoms. The van der Waals surface area contributed by atoms with Crippen LogP contribution in [0.2, 0.25) is 0 Å². The van der Waals surface area contributed by atoms with Gasteiger partial charge in [0.25, 0.3) is 0 Å². The quantitative estimate of drug-likeness (QED) is 0.907. The highest BCUT2D eigenvalue weighted by atomic mass is 32.2. The molecule has 1 aromatic carbocycles. The van der Waals surface area contributed by atoms with Crippen LogP contribution in [-0.2, 0) is 19.9 Å². The summed E-state index contributed by atoms with van der Waals surface area (Å²) in [7, 11) is -6.58. The second-order valence-electron chi connectivity index (χ2n) is 5.32. The molecular formula is C13H19NO4S2. The molecule has 1 aliphatic heterocycles. The molecule has 1 N–H and O–H groups in total. The molecule has 0 radical (unpaired) electrons. The Hall–Kier alpha value is -0.920. The predicted molar refractivity (Wildman–Crippen MR) is 77.9 cm³/mol. The first-order chi connectivity index (χ1) is 9.20. The van der Waals surface area contributed by atoms with Crippen molar-refractivity contribution in [3.05, 3.63) is 29.3 Å². The molecule has 0 spiro atoms. The number of rotatable bonds is 3. The van der Waals surface area contributed by atoms with Crippen molar-refractivity contribution in [2.75, 3.05) is 11.5 Å². The van der Waals surface area contributed by atoms with Crippen molar-refractivity contribution in [1.29, 1.82) is 0 Å². The van der Waals surface area contributed by atoms with Crippen LogP contribution >= 0.6 is 0 Å². The Balaban J connectivity index is 2.18. The fourth-order valence-corrected chi connectivity index (χ4v) is 5.41. The molecule has 1 fully saturated rings. The molecule has 1 heterocycles. The van der Waals surface area contributed by atoms with Crippen LogP contribution in [-0.4, -0.2) is 34.4 Å². The first-order valence-electron chi connectivity index (χ1n) is 6.50. The van der Waals surface area contributed by atoms with Crippen LogP contribution in [0.15, 0.2) is 23.1 Å². The number of benzene rings is 1. The van der Waals surface area contributed by atoms with Gasteiger partial charge in [-0.05, 0) is 43.9 Å². The molecule has 112 valence electrons. The third-order valence-electron chi connectivity index (χ3n) is 3.51. The smallest absolute Gasteiger partial charge is 0.229 e. The van der Waals surface area contributed by atoms with E-state index in [1.54, 1.807) is 19.1 Å². The van der Waals surface area contributed by atoms with Gasteiger partial charge in [-0.3, -0.25) is 0 Å². The van der Waals surface area contributed by atoms with Gasteiger partial charge in [-0.1, -0.05) is 12.1 Å². The van der Waals surface area contributed by atoms with Crippen molar-refractivity contribution in [3.8, 4) is 0 Å². The van der Waals surface area contributed by atoms with Crippen LogP contribution in [0, 0.1) is 13.8 Å². The Morgan fingerprint density at radius 2 is 1.75 bits per heavy atom. The molecule has 1 saturated heterocycles. The maximum atomic E-state index is 12.4. The minimum atomic E-state index is -3.60. The lowest BCUT2D eigenvalue weighted by atomic mass is 10.2. The zero-order valence-electron chi connectivity index (χ0n) is 11.6. The largest absolute Gasteiger partial charge is 0.241 e.